The monoisotopic (exact) mass is 143 g/mol. The van der Waals surface area contributed by atoms with E-state index in [9.17, 15) is 0 Å². The van der Waals surface area contributed by atoms with Crippen molar-refractivity contribution in [1.82, 2.24) is 5.32 Å². The van der Waals surface area contributed by atoms with Gasteiger partial charge in [-0.15, -0.1) is 0 Å². The quantitative estimate of drug-likeness (QED) is 0.479. The largest absolute Gasteiger partial charge is 0.386 e. The number of hydrogen-bond acceptors (Lipinski definition) is 3. The summed E-state index contributed by atoms with van der Waals surface area (Å²) in [4.78, 5) is 0. The van der Waals surface area contributed by atoms with Gasteiger partial charge in [0, 0.05) is 12.6 Å². The normalized spacial score (nSPS) is 12.6. The molecule has 0 saturated heterocycles. The molecule has 0 rings (SSSR count). The minimum Gasteiger partial charge on any atom is -0.386 e. The summed E-state index contributed by atoms with van der Waals surface area (Å²) in [6, 6.07) is 0.285. The number of hydrogen-bond donors (Lipinski definition) is 3. The van der Waals surface area contributed by atoms with Gasteiger partial charge >= 0.3 is 0 Å². The van der Waals surface area contributed by atoms with Gasteiger partial charge in [-0.1, -0.05) is 6.58 Å². The van der Waals surface area contributed by atoms with Crippen LogP contribution in [-0.2, 0) is 0 Å². The van der Waals surface area contributed by atoms with E-state index in [0.29, 0.717) is 5.82 Å². The average molecular weight is 143 g/mol. The summed E-state index contributed by atoms with van der Waals surface area (Å²) in [5.41, 5.74) is 10.8. The summed E-state index contributed by atoms with van der Waals surface area (Å²) in [7, 11) is 0. The van der Waals surface area contributed by atoms with Gasteiger partial charge in [-0.25, -0.2) is 0 Å². The fourth-order valence-electron chi connectivity index (χ4n) is 0.673. The van der Waals surface area contributed by atoms with Crippen molar-refractivity contribution in [2.45, 2.75) is 25.8 Å². The van der Waals surface area contributed by atoms with Crippen molar-refractivity contribution in [2.75, 3.05) is 6.54 Å². The lowest BCUT2D eigenvalue weighted by Gasteiger charge is -2.06. The highest BCUT2D eigenvalue weighted by molar-refractivity contribution is 4.81. The smallest absolute Gasteiger partial charge is 0.0885 e. The Hall–Kier alpha value is -0.700. The molecule has 3 nitrogen and oxygen atoms in total. The molecule has 0 spiro atoms. The molecule has 0 heterocycles. The van der Waals surface area contributed by atoms with Gasteiger partial charge in [0.1, 0.15) is 0 Å². The number of nitrogens with one attached hydrogen (secondary N) is 1. The van der Waals surface area contributed by atoms with E-state index < -0.39 is 0 Å². The predicted molar refractivity (Wildman–Crippen MR) is 44.2 cm³/mol. The molecule has 0 unspecified atom stereocenters. The van der Waals surface area contributed by atoms with Crippen molar-refractivity contribution in [3.05, 3.63) is 12.4 Å². The molecule has 0 fully saturated rings. The van der Waals surface area contributed by atoms with Gasteiger partial charge < -0.3 is 16.8 Å². The number of rotatable bonds is 5. The van der Waals surface area contributed by atoms with Crippen LogP contribution in [0.15, 0.2) is 12.4 Å². The molecule has 0 aliphatic heterocycles. The van der Waals surface area contributed by atoms with E-state index in [0.717, 1.165) is 19.4 Å². The fourth-order valence-corrected chi connectivity index (χ4v) is 0.673. The van der Waals surface area contributed by atoms with E-state index in [4.69, 9.17) is 11.5 Å². The molecule has 0 aromatic heterocycles. The Kier molecular flexibility index (Phi) is 4.76. The van der Waals surface area contributed by atoms with Crippen LogP contribution in [0.25, 0.3) is 0 Å². The van der Waals surface area contributed by atoms with Gasteiger partial charge in [-0.3, -0.25) is 0 Å². The van der Waals surface area contributed by atoms with E-state index in [1.807, 2.05) is 6.92 Å². The van der Waals surface area contributed by atoms with Crippen molar-refractivity contribution < 1.29 is 0 Å². The van der Waals surface area contributed by atoms with E-state index in [-0.39, 0.29) is 6.04 Å². The zero-order chi connectivity index (χ0) is 7.98. The summed E-state index contributed by atoms with van der Waals surface area (Å²) >= 11 is 0. The maximum absolute atomic E-state index is 5.53. The molecule has 0 bridgehead atoms. The SMILES string of the molecule is C=C(N)NCCC[C@H](C)N. The molecular weight excluding hydrogens is 126 g/mol. The third kappa shape index (κ3) is 7.30. The van der Waals surface area contributed by atoms with Gasteiger partial charge in [0.25, 0.3) is 0 Å². The summed E-state index contributed by atoms with van der Waals surface area (Å²) in [6.45, 7) is 6.38. The Labute approximate surface area is 62.5 Å². The summed E-state index contributed by atoms with van der Waals surface area (Å²) in [5, 5.41) is 2.93. The molecule has 0 aromatic carbocycles. The summed E-state index contributed by atoms with van der Waals surface area (Å²) < 4.78 is 0. The van der Waals surface area contributed by atoms with Crippen LogP contribution in [0.4, 0.5) is 0 Å². The lowest BCUT2D eigenvalue weighted by atomic mass is 10.2. The zero-order valence-corrected chi connectivity index (χ0v) is 6.56. The van der Waals surface area contributed by atoms with E-state index in [1.54, 1.807) is 0 Å². The highest BCUT2D eigenvalue weighted by atomic mass is 15.0. The Morgan fingerprint density at radius 2 is 2.30 bits per heavy atom. The average Bonchev–Trinajstić information content (AvgIpc) is 1.79. The molecule has 0 saturated carbocycles. The molecule has 0 amide bonds. The second-order valence-corrected chi connectivity index (χ2v) is 2.57. The van der Waals surface area contributed by atoms with Crippen molar-refractivity contribution in [3.63, 3.8) is 0 Å². The maximum atomic E-state index is 5.53. The van der Waals surface area contributed by atoms with Crippen molar-refractivity contribution in [1.29, 1.82) is 0 Å². The summed E-state index contributed by atoms with van der Waals surface area (Å²) in [5.74, 6) is 0.532. The van der Waals surface area contributed by atoms with Gasteiger partial charge in [-0.05, 0) is 19.8 Å². The van der Waals surface area contributed by atoms with Gasteiger partial charge in [0.2, 0.25) is 0 Å². The first kappa shape index (κ1) is 9.30. The van der Waals surface area contributed by atoms with Crippen LogP contribution in [0, 0.1) is 0 Å². The van der Waals surface area contributed by atoms with Crippen LogP contribution < -0.4 is 16.8 Å². The minimum absolute atomic E-state index is 0.285. The fraction of sp³-hybridized carbons (Fsp3) is 0.714. The molecule has 1 atom stereocenters. The molecule has 0 aliphatic rings. The molecule has 5 N–H and O–H groups in total. The minimum atomic E-state index is 0.285. The zero-order valence-electron chi connectivity index (χ0n) is 6.56. The predicted octanol–water partition coefficient (Wildman–Crippen LogP) is 0.133. The van der Waals surface area contributed by atoms with Crippen molar-refractivity contribution >= 4 is 0 Å². The van der Waals surface area contributed by atoms with Crippen molar-refractivity contribution in [3.8, 4) is 0 Å². The van der Waals surface area contributed by atoms with E-state index in [2.05, 4.69) is 11.9 Å². The van der Waals surface area contributed by atoms with Gasteiger partial charge in [0.15, 0.2) is 0 Å². The topological polar surface area (TPSA) is 64.1 Å². The highest BCUT2D eigenvalue weighted by Crippen LogP contribution is 1.90. The lowest BCUT2D eigenvalue weighted by molar-refractivity contribution is 0.601. The summed E-state index contributed by atoms with van der Waals surface area (Å²) in [6.07, 6.45) is 2.08. The third-order valence-corrected chi connectivity index (χ3v) is 1.19. The molecule has 0 aromatic rings. The van der Waals surface area contributed by atoms with Crippen LogP contribution in [0.2, 0.25) is 0 Å². The van der Waals surface area contributed by atoms with Crippen LogP contribution in [0.5, 0.6) is 0 Å². The Morgan fingerprint density at radius 3 is 2.70 bits per heavy atom. The first-order valence-electron chi connectivity index (χ1n) is 3.56. The lowest BCUT2D eigenvalue weighted by Crippen LogP contribution is -2.22. The van der Waals surface area contributed by atoms with Crippen LogP contribution in [-0.4, -0.2) is 12.6 Å². The van der Waals surface area contributed by atoms with Gasteiger partial charge in [-0.2, -0.15) is 0 Å². The van der Waals surface area contributed by atoms with Crippen molar-refractivity contribution in [2.24, 2.45) is 11.5 Å². The Bertz CT molecular complexity index is 99.0. The highest BCUT2D eigenvalue weighted by Gasteiger charge is 1.92. The van der Waals surface area contributed by atoms with Crippen LogP contribution >= 0.6 is 0 Å². The first-order chi connectivity index (χ1) is 4.63. The maximum Gasteiger partial charge on any atom is 0.0885 e. The van der Waals surface area contributed by atoms with Crippen LogP contribution in [0.1, 0.15) is 19.8 Å². The molecule has 60 valence electrons. The second-order valence-electron chi connectivity index (χ2n) is 2.57. The Morgan fingerprint density at radius 1 is 1.70 bits per heavy atom. The standard InChI is InChI=1S/C7H17N3/c1-6(8)4-3-5-10-7(2)9/h6,10H,2-5,8-9H2,1H3/t6-/m0/s1. The number of nitrogens with two attached hydrogens (primary N) is 2. The first-order valence-corrected chi connectivity index (χ1v) is 3.56. The Balaban J connectivity index is 2.98. The second kappa shape index (κ2) is 5.11. The molecule has 10 heavy (non-hydrogen) atoms. The molecule has 3 heteroatoms. The van der Waals surface area contributed by atoms with E-state index >= 15 is 0 Å². The molecule has 0 radical (unpaired) electrons. The van der Waals surface area contributed by atoms with E-state index in [1.165, 1.54) is 0 Å². The van der Waals surface area contributed by atoms with Gasteiger partial charge in [0.05, 0.1) is 5.82 Å². The molecule has 0 aliphatic carbocycles. The molecular formula is C7H17N3. The third-order valence-electron chi connectivity index (χ3n) is 1.19. The van der Waals surface area contributed by atoms with Crippen LogP contribution in [0.3, 0.4) is 0 Å².